The van der Waals surface area contributed by atoms with Gasteiger partial charge in [0, 0.05) is 26.1 Å². The molecule has 1 aliphatic carbocycles. The highest BCUT2D eigenvalue weighted by atomic mass is 16.1. The third kappa shape index (κ3) is 2.46. The molecule has 3 heteroatoms. The third-order valence-corrected chi connectivity index (χ3v) is 4.50. The quantitative estimate of drug-likeness (QED) is 0.833. The Morgan fingerprint density at radius 3 is 2.58 bits per heavy atom. The number of fused-ring (bicyclic) bond motifs is 1. The Hall–Kier alpha value is -1.51. The van der Waals surface area contributed by atoms with E-state index >= 15 is 0 Å². The molecule has 0 spiro atoms. The fraction of sp³-hybridized carbons (Fsp3) is 0.562. The lowest BCUT2D eigenvalue weighted by Gasteiger charge is -2.37. The summed E-state index contributed by atoms with van der Waals surface area (Å²) in [5.74, 6) is 0.767. The zero-order chi connectivity index (χ0) is 13.2. The number of rotatable bonds is 3. The Kier molecular flexibility index (Phi) is 3.45. The molecular formula is C16H22N2O. The van der Waals surface area contributed by atoms with Crippen molar-refractivity contribution in [3.63, 3.8) is 0 Å². The molecule has 1 aliphatic heterocycles. The molecule has 1 aromatic rings. The summed E-state index contributed by atoms with van der Waals surface area (Å²) < 4.78 is 0. The summed E-state index contributed by atoms with van der Waals surface area (Å²) in [7, 11) is 2.12. The topological polar surface area (TPSA) is 23.6 Å². The fourth-order valence-corrected chi connectivity index (χ4v) is 3.30. The molecule has 0 amide bonds. The first-order chi connectivity index (χ1) is 9.25. The van der Waals surface area contributed by atoms with Gasteiger partial charge in [0.05, 0.1) is 17.9 Å². The first-order valence-electron chi connectivity index (χ1n) is 7.33. The van der Waals surface area contributed by atoms with Crippen LogP contribution in [0.2, 0.25) is 0 Å². The molecule has 1 fully saturated rings. The van der Waals surface area contributed by atoms with E-state index in [1.165, 1.54) is 24.2 Å². The van der Waals surface area contributed by atoms with Gasteiger partial charge < -0.3 is 9.80 Å². The van der Waals surface area contributed by atoms with E-state index in [1.807, 2.05) is 0 Å². The Morgan fingerprint density at radius 1 is 1.16 bits per heavy atom. The van der Waals surface area contributed by atoms with Gasteiger partial charge in [0.1, 0.15) is 0 Å². The molecule has 2 aliphatic rings. The molecule has 102 valence electrons. The second kappa shape index (κ2) is 5.24. The van der Waals surface area contributed by atoms with Crippen LogP contribution in [-0.4, -0.2) is 32.5 Å². The number of likely N-dealkylation sites (N-methyl/N-ethyl adjacent to an activating group) is 1. The van der Waals surface area contributed by atoms with Gasteiger partial charge in [-0.15, -0.1) is 0 Å². The average Bonchev–Trinajstić information content (AvgIpc) is 2.96. The molecule has 3 nitrogen and oxygen atoms in total. The third-order valence-electron chi connectivity index (χ3n) is 4.50. The van der Waals surface area contributed by atoms with Gasteiger partial charge in [0.15, 0.2) is 5.78 Å². The van der Waals surface area contributed by atoms with E-state index in [-0.39, 0.29) is 0 Å². The normalized spacial score (nSPS) is 19.6. The molecule has 0 radical (unpaired) electrons. The SMILES string of the molecule is CN1CCN(CC(=O)C2CCCC2)c2ccccc21. The van der Waals surface area contributed by atoms with Gasteiger partial charge in [-0.05, 0) is 25.0 Å². The van der Waals surface area contributed by atoms with Crippen LogP contribution in [-0.2, 0) is 4.79 Å². The number of ketones is 1. The first-order valence-corrected chi connectivity index (χ1v) is 7.33. The van der Waals surface area contributed by atoms with Crippen molar-refractivity contribution in [1.29, 1.82) is 0 Å². The molecule has 0 bridgehead atoms. The van der Waals surface area contributed by atoms with Gasteiger partial charge in [0.2, 0.25) is 0 Å². The van der Waals surface area contributed by atoms with E-state index in [0.29, 0.717) is 18.2 Å². The van der Waals surface area contributed by atoms with Gasteiger partial charge in [0.25, 0.3) is 0 Å². The smallest absolute Gasteiger partial charge is 0.155 e. The van der Waals surface area contributed by atoms with Gasteiger partial charge in [-0.25, -0.2) is 0 Å². The molecule has 3 rings (SSSR count). The van der Waals surface area contributed by atoms with Crippen molar-refractivity contribution < 1.29 is 4.79 Å². The number of Topliss-reactive ketones (excluding diaryl/α,β-unsaturated/α-hetero) is 1. The molecular weight excluding hydrogens is 236 g/mol. The zero-order valence-electron chi connectivity index (χ0n) is 11.6. The lowest BCUT2D eigenvalue weighted by atomic mass is 10.0. The van der Waals surface area contributed by atoms with Crippen LogP contribution in [0, 0.1) is 5.92 Å². The molecule has 19 heavy (non-hydrogen) atoms. The standard InChI is InChI=1S/C16H22N2O/c1-17-10-11-18(15-9-5-4-8-14(15)17)12-16(19)13-6-2-3-7-13/h4-5,8-9,13H,2-3,6-7,10-12H2,1H3. The van der Waals surface area contributed by atoms with Crippen LogP contribution in [0.3, 0.4) is 0 Å². The Labute approximate surface area is 115 Å². The Bertz CT molecular complexity index is 466. The van der Waals surface area contributed by atoms with Crippen molar-refractivity contribution in [2.75, 3.05) is 36.5 Å². The van der Waals surface area contributed by atoms with Crippen LogP contribution in [0.1, 0.15) is 25.7 Å². The van der Waals surface area contributed by atoms with Crippen LogP contribution in [0.25, 0.3) is 0 Å². The van der Waals surface area contributed by atoms with Crippen molar-refractivity contribution >= 4 is 17.2 Å². The lowest BCUT2D eigenvalue weighted by Crippen LogP contribution is -2.42. The number of carbonyl (C=O) groups excluding carboxylic acids is 1. The summed E-state index contributed by atoms with van der Waals surface area (Å²) >= 11 is 0. The van der Waals surface area contributed by atoms with Crippen LogP contribution in [0.4, 0.5) is 11.4 Å². The van der Waals surface area contributed by atoms with E-state index in [4.69, 9.17) is 0 Å². The second-order valence-corrected chi connectivity index (χ2v) is 5.78. The average molecular weight is 258 g/mol. The summed E-state index contributed by atoms with van der Waals surface area (Å²) in [6.07, 6.45) is 4.67. The molecule has 0 saturated heterocycles. The molecule has 1 saturated carbocycles. The minimum atomic E-state index is 0.326. The van der Waals surface area contributed by atoms with Crippen molar-refractivity contribution in [3.05, 3.63) is 24.3 Å². The summed E-state index contributed by atoms with van der Waals surface area (Å²) in [5.41, 5.74) is 2.45. The van der Waals surface area contributed by atoms with Crippen LogP contribution in [0.15, 0.2) is 24.3 Å². The molecule has 1 aromatic carbocycles. The van der Waals surface area contributed by atoms with Crippen molar-refractivity contribution in [1.82, 2.24) is 0 Å². The van der Waals surface area contributed by atoms with Gasteiger partial charge in [-0.2, -0.15) is 0 Å². The highest BCUT2D eigenvalue weighted by Crippen LogP contribution is 2.32. The Balaban J connectivity index is 1.75. The van der Waals surface area contributed by atoms with Gasteiger partial charge in [-0.1, -0.05) is 25.0 Å². The predicted octanol–water partition coefficient (Wildman–Crippen LogP) is 2.70. The van der Waals surface area contributed by atoms with Crippen LogP contribution in [0.5, 0.6) is 0 Å². The van der Waals surface area contributed by atoms with E-state index in [1.54, 1.807) is 0 Å². The van der Waals surface area contributed by atoms with Crippen molar-refractivity contribution in [2.24, 2.45) is 5.92 Å². The summed E-state index contributed by atoms with van der Waals surface area (Å²) in [5, 5.41) is 0. The zero-order valence-corrected chi connectivity index (χ0v) is 11.6. The monoisotopic (exact) mass is 258 g/mol. The molecule has 0 aromatic heterocycles. The predicted molar refractivity (Wildman–Crippen MR) is 78.9 cm³/mol. The maximum Gasteiger partial charge on any atom is 0.155 e. The van der Waals surface area contributed by atoms with Crippen LogP contribution < -0.4 is 9.80 Å². The first kappa shape index (κ1) is 12.5. The summed E-state index contributed by atoms with van der Waals surface area (Å²) in [4.78, 5) is 16.9. The number of anilines is 2. The summed E-state index contributed by atoms with van der Waals surface area (Å²) in [6.45, 7) is 2.54. The minimum absolute atomic E-state index is 0.326. The fourth-order valence-electron chi connectivity index (χ4n) is 3.30. The number of benzene rings is 1. The minimum Gasteiger partial charge on any atom is -0.371 e. The molecule has 0 unspecified atom stereocenters. The number of nitrogens with zero attached hydrogens (tertiary/aromatic N) is 2. The highest BCUT2D eigenvalue weighted by Gasteiger charge is 2.27. The van der Waals surface area contributed by atoms with E-state index in [0.717, 1.165) is 25.9 Å². The van der Waals surface area contributed by atoms with E-state index < -0.39 is 0 Å². The number of hydrogen-bond acceptors (Lipinski definition) is 3. The summed E-state index contributed by atoms with van der Waals surface area (Å²) in [6, 6.07) is 8.40. The molecule has 1 heterocycles. The van der Waals surface area contributed by atoms with E-state index in [9.17, 15) is 4.79 Å². The van der Waals surface area contributed by atoms with Crippen molar-refractivity contribution in [3.8, 4) is 0 Å². The van der Waals surface area contributed by atoms with Crippen molar-refractivity contribution in [2.45, 2.75) is 25.7 Å². The second-order valence-electron chi connectivity index (χ2n) is 5.78. The number of hydrogen-bond donors (Lipinski definition) is 0. The Morgan fingerprint density at radius 2 is 1.84 bits per heavy atom. The van der Waals surface area contributed by atoms with Crippen LogP contribution >= 0.6 is 0 Å². The van der Waals surface area contributed by atoms with Gasteiger partial charge >= 0.3 is 0 Å². The molecule has 0 atom stereocenters. The highest BCUT2D eigenvalue weighted by molar-refractivity contribution is 5.87. The lowest BCUT2D eigenvalue weighted by molar-refractivity contribution is -0.121. The van der Waals surface area contributed by atoms with Gasteiger partial charge in [-0.3, -0.25) is 4.79 Å². The maximum atomic E-state index is 12.3. The number of para-hydroxylation sites is 2. The van der Waals surface area contributed by atoms with E-state index in [2.05, 4.69) is 41.1 Å². The number of carbonyl (C=O) groups is 1. The largest absolute Gasteiger partial charge is 0.371 e. The molecule has 0 N–H and O–H groups in total. The maximum absolute atomic E-state index is 12.3.